The largest absolute Gasteiger partial charge is 0.452 e. The maximum absolute atomic E-state index is 13.4. The lowest BCUT2D eigenvalue weighted by atomic mass is 10.1. The molecule has 0 aliphatic carbocycles. The third-order valence-corrected chi connectivity index (χ3v) is 7.12. The predicted octanol–water partition coefficient (Wildman–Crippen LogP) is 4.47. The van der Waals surface area contributed by atoms with Gasteiger partial charge in [-0.3, -0.25) is 9.78 Å². The molecular formula is C30H30N6O5. The highest BCUT2D eigenvalue weighted by Crippen LogP contribution is 2.37. The summed E-state index contributed by atoms with van der Waals surface area (Å²) in [6.07, 6.45) is 9.58. The van der Waals surface area contributed by atoms with Gasteiger partial charge in [0, 0.05) is 69.1 Å². The number of nitrogens with zero attached hydrogens (tertiary/aromatic N) is 4. The summed E-state index contributed by atoms with van der Waals surface area (Å²) < 4.78 is 19.1. The second-order valence-corrected chi connectivity index (χ2v) is 9.92. The number of ether oxygens (including phenoxy) is 3. The van der Waals surface area contributed by atoms with E-state index in [2.05, 4.69) is 25.5 Å². The maximum atomic E-state index is 13.4. The zero-order valence-electron chi connectivity index (χ0n) is 22.8. The van der Waals surface area contributed by atoms with Crippen molar-refractivity contribution in [2.24, 2.45) is 7.05 Å². The number of hydrogen-bond acceptors (Lipinski definition) is 8. The zero-order valence-corrected chi connectivity index (χ0v) is 22.8. The van der Waals surface area contributed by atoms with Crippen molar-refractivity contribution in [1.82, 2.24) is 14.5 Å². The van der Waals surface area contributed by atoms with E-state index in [-0.39, 0.29) is 17.6 Å². The average molecular weight is 555 g/mol. The van der Waals surface area contributed by atoms with Crippen LogP contribution in [0.3, 0.4) is 0 Å². The number of ketones is 1. The van der Waals surface area contributed by atoms with E-state index in [1.54, 1.807) is 62.1 Å². The molecular weight excluding hydrogens is 524 g/mol. The molecule has 1 unspecified atom stereocenters. The fourth-order valence-electron chi connectivity index (χ4n) is 5.19. The second kappa shape index (κ2) is 11.4. The van der Waals surface area contributed by atoms with Crippen LogP contribution in [0.2, 0.25) is 0 Å². The Hall–Kier alpha value is -4.74. The van der Waals surface area contributed by atoms with E-state index in [1.165, 1.54) is 0 Å². The molecule has 210 valence electrons. The lowest BCUT2D eigenvalue weighted by Gasteiger charge is -2.35. The second-order valence-electron chi connectivity index (χ2n) is 9.92. The monoisotopic (exact) mass is 554 g/mol. The van der Waals surface area contributed by atoms with E-state index >= 15 is 0 Å². The van der Waals surface area contributed by atoms with E-state index in [4.69, 9.17) is 14.2 Å². The van der Waals surface area contributed by atoms with Gasteiger partial charge in [0.1, 0.15) is 11.4 Å². The van der Waals surface area contributed by atoms with Crippen LogP contribution < -0.4 is 20.3 Å². The van der Waals surface area contributed by atoms with Gasteiger partial charge in [-0.1, -0.05) is 0 Å². The standard InChI is InChI=1S/C30H30N6O5/c1-35-17-19(27-24(7-10-32-29(27)35)36-11-13-40-22(18-36)8-12-39-2)14-26-28(37)23-15-20(5-6-25(23)41-26)33-30(38)34-21-4-3-9-31-16-21/h3-7,9-10,14-17,22H,8,11-13,18H2,1-2H3,(H2,33,34,38)/b26-14-. The van der Waals surface area contributed by atoms with Crippen LogP contribution >= 0.6 is 0 Å². The molecule has 1 aromatic carbocycles. The van der Waals surface area contributed by atoms with Gasteiger partial charge in [0.15, 0.2) is 5.76 Å². The summed E-state index contributed by atoms with van der Waals surface area (Å²) in [4.78, 5) is 36.7. The number of morpholine rings is 1. The van der Waals surface area contributed by atoms with Crippen LogP contribution in [0, 0.1) is 0 Å². The fraction of sp³-hybridized carbons (Fsp3) is 0.267. The summed E-state index contributed by atoms with van der Waals surface area (Å²) in [7, 11) is 3.63. The average Bonchev–Trinajstić information content (AvgIpc) is 3.47. The lowest BCUT2D eigenvalue weighted by molar-refractivity contribution is 0.0192. The van der Waals surface area contributed by atoms with Gasteiger partial charge in [0.2, 0.25) is 5.78 Å². The number of Topliss-reactive ketones (excluding diaryl/α,β-unsaturated/α-hetero) is 1. The summed E-state index contributed by atoms with van der Waals surface area (Å²) in [5.74, 6) is 0.385. The molecule has 1 saturated heterocycles. The summed E-state index contributed by atoms with van der Waals surface area (Å²) in [6.45, 7) is 2.74. The van der Waals surface area contributed by atoms with Crippen LogP contribution in [0.25, 0.3) is 17.1 Å². The van der Waals surface area contributed by atoms with Crippen molar-refractivity contribution in [2.75, 3.05) is 48.9 Å². The van der Waals surface area contributed by atoms with E-state index in [9.17, 15) is 9.59 Å². The Morgan fingerprint density at radius 3 is 2.90 bits per heavy atom. The highest BCUT2D eigenvalue weighted by atomic mass is 16.5. The number of anilines is 3. The number of benzene rings is 1. The van der Waals surface area contributed by atoms with Gasteiger partial charge in [-0.05, 0) is 48.9 Å². The summed E-state index contributed by atoms with van der Waals surface area (Å²) in [5, 5.41) is 6.40. The van der Waals surface area contributed by atoms with Gasteiger partial charge >= 0.3 is 6.03 Å². The van der Waals surface area contributed by atoms with E-state index < -0.39 is 6.03 Å². The Balaban J connectivity index is 1.25. The first-order valence-corrected chi connectivity index (χ1v) is 13.4. The third kappa shape index (κ3) is 5.49. The molecule has 3 aromatic heterocycles. The molecule has 41 heavy (non-hydrogen) atoms. The first-order chi connectivity index (χ1) is 20.0. The number of urea groups is 1. The lowest BCUT2D eigenvalue weighted by Crippen LogP contribution is -2.43. The minimum Gasteiger partial charge on any atom is -0.452 e. The Bertz CT molecular complexity index is 1630. The third-order valence-electron chi connectivity index (χ3n) is 7.12. The van der Waals surface area contributed by atoms with Crippen molar-refractivity contribution in [1.29, 1.82) is 0 Å². The van der Waals surface area contributed by atoms with Crippen molar-refractivity contribution >= 4 is 46.0 Å². The minimum atomic E-state index is -0.441. The first kappa shape index (κ1) is 26.5. The molecule has 2 amide bonds. The molecule has 1 atom stereocenters. The summed E-state index contributed by atoms with van der Waals surface area (Å²) >= 11 is 0. The van der Waals surface area contributed by atoms with Gasteiger partial charge in [-0.2, -0.15) is 0 Å². The number of aryl methyl sites for hydroxylation is 1. The van der Waals surface area contributed by atoms with E-state index in [0.29, 0.717) is 35.9 Å². The fourth-order valence-corrected chi connectivity index (χ4v) is 5.19. The number of hydrogen-bond donors (Lipinski definition) is 2. The summed E-state index contributed by atoms with van der Waals surface area (Å²) in [6, 6.07) is 10.0. The van der Waals surface area contributed by atoms with E-state index in [0.717, 1.165) is 41.8 Å². The Morgan fingerprint density at radius 1 is 1.20 bits per heavy atom. The van der Waals surface area contributed by atoms with Crippen molar-refractivity contribution in [3.63, 3.8) is 0 Å². The van der Waals surface area contributed by atoms with Gasteiger partial charge in [-0.25, -0.2) is 9.78 Å². The SMILES string of the molecule is COCCC1CN(c2ccnc3c2c(/C=C2\Oc4ccc(NC(=O)Nc5cccnc5)cc4C2=O)cn3C)CCO1. The molecule has 2 aliphatic heterocycles. The van der Waals surface area contributed by atoms with Crippen LogP contribution in [0.4, 0.5) is 21.9 Å². The highest BCUT2D eigenvalue weighted by Gasteiger charge is 2.29. The molecule has 11 heteroatoms. The number of carbonyl (C=O) groups is 2. The number of pyridine rings is 2. The topological polar surface area (TPSA) is 120 Å². The minimum absolute atomic E-state index is 0.0703. The number of carbonyl (C=O) groups excluding carboxylic acids is 2. The molecule has 2 N–H and O–H groups in total. The first-order valence-electron chi connectivity index (χ1n) is 13.4. The van der Waals surface area contributed by atoms with Crippen LogP contribution in [0.5, 0.6) is 5.75 Å². The molecule has 0 saturated carbocycles. The zero-order chi connectivity index (χ0) is 28.3. The number of aromatic nitrogens is 3. The number of nitrogens with one attached hydrogen (secondary N) is 2. The van der Waals surface area contributed by atoms with Crippen molar-refractivity contribution in [2.45, 2.75) is 12.5 Å². The normalized spacial score (nSPS) is 17.5. The van der Waals surface area contributed by atoms with Crippen molar-refractivity contribution in [3.8, 4) is 5.75 Å². The molecule has 11 nitrogen and oxygen atoms in total. The van der Waals surface area contributed by atoms with Crippen LogP contribution in [0.1, 0.15) is 22.3 Å². The number of amides is 2. The predicted molar refractivity (Wildman–Crippen MR) is 155 cm³/mol. The maximum Gasteiger partial charge on any atom is 0.323 e. The molecule has 2 aliphatic rings. The van der Waals surface area contributed by atoms with Crippen molar-refractivity contribution < 1.29 is 23.8 Å². The smallest absolute Gasteiger partial charge is 0.323 e. The Kier molecular flexibility index (Phi) is 7.36. The van der Waals surface area contributed by atoms with Crippen molar-refractivity contribution in [3.05, 3.63) is 78.1 Å². The van der Waals surface area contributed by atoms with Gasteiger partial charge in [0.25, 0.3) is 0 Å². The van der Waals surface area contributed by atoms with Gasteiger partial charge in [0.05, 0.1) is 35.8 Å². The van der Waals surface area contributed by atoms with Crippen LogP contribution in [-0.2, 0) is 16.5 Å². The van der Waals surface area contributed by atoms with Crippen LogP contribution in [0.15, 0.2) is 66.9 Å². The number of allylic oxidation sites excluding steroid dienone is 1. The van der Waals surface area contributed by atoms with Crippen LogP contribution in [-0.4, -0.2) is 65.9 Å². The quantitative estimate of drug-likeness (QED) is 0.321. The van der Waals surface area contributed by atoms with Gasteiger partial charge < -0.3 is 34.3 Å². The molecule has 0 bridgehead atoms. The molecule has 1 fully saturated rings. The highest BCUT2D eigenvalue weighted by molar-refractivity contribution is 6.16. The molecule has 0 radical (unpaired) electrons. The number of rotatable bonds is 7. The Morgan fingerprint density at radius 2 is 2.07 bits per heavy atom. The Labute approximate surface area is 236 Å². The molecule has 5 heterocycles. The molecule has 0 spiro atoms. The number of methoxy groups -OCH3 is 1. The van der Waals surface area contributed by atoms with E-state index in [1.807, 2.05) is 23.9 Å². The van der Waals surface area contributed by atoms with Gasteiger partial charge in [-0.15, -0.1) is 0 Å². The molecule has 4 aromatic rings. The number of fused-ring (bicyclic) bond motifs is 2. The molecule has 6 rings (SSSR count). The summed E-state index contributed by atoms with van der Waals surface area (Å²) in [5.41, 5.74) is 4.07.